The molecule has 3 rings (SSSR count). The van der Waals surface area contributed by atoms with Gasteiger partial charge in [0, 0.05) is 18.1 Å². The van der Waals surface area contributed by atoms with E-state index in [0.717, 1.165) is 11.6 Å². The number of rotatable bonds is 4. The number of carbonyl (C=O) groups excluding carboxylic acids is 1. The van der Waals surface area contributed by atoms with Crippen molar-refractivity contribution in [3.05, 3.63) is 70.8 Å². The van der Waals surface area contributed by atoms with Crippen LogP contribution in [0.3, 0.4) is 0 Å². The van der Waals surface area contributed by atoms with Crippen molar-refractivity contribution in [1.29, 1.82) is 0 Å². The molecule has 122 valence electrons. The Labute approximate surface area is 136 Å². The van der Waals surface area contributed by atoms with Crippen LogP contribution in [-0.2, 0) is 6.42 Å². The average molecular weight is 328 g/mol. The van der Waals surface area contributed by atoms with E-state index in [2.05, 4.69) is 10.2 Å². The minimum Gasteiger partial charge on any atom is -0.382 e. The van der Waals surface area contributed by atoms with Crippen molar-refractivity contribution in [2.75, 3.05) is 5.73 Å². The number of halogens is 2. The Bertz CT molecular complexity index is 903. The van der Waals surface area contributed by atoms with E-state index in [1.165, 1.54) is 12.1 Å². The molecule has 0 saturated carbocycles. The molecule has 2 aromatic carbocycles. The van der Waals surface area contributed by atoms with Crippen LogP contribution in [0.5, 0.6) is 0 Å². The van der Waals surface area contributed by atoms with E-state index in [1.54, 1.807) is 24.3 Å². The molecule has 5 nitrogen and oxygen atoms in total. The maximum atomic E-state index is 13.7. The predicted octanol–water partition coefficient (Wildman–Crippen LogP) is 2.63. The Kier molecular flexibility index (Phi) is 3.99. The standard InChI is InChI=1S/C17H14F2N4O/c18-12-6-5-11(13(19)8-12)7-9-1-3-10(4-2-9)15-14(17(21)24)16(20)23-22-15/h1-6,8H,7H2,(H2,21,24)(H3,20,22,23). The highest BCUT2D eigenvalue weighted by Gasteiger charge is 2.17. The number of anilines is 1. The van der Waals surface area contributed by atoms with Crippen LogP contribution in [0.15, 0.2) is 42.5 Å². The number of carbonyl (C=O) groups is 1. The second-order valence-electron chi connectivity index (χ2n) is 5.33. The van der Waals surface area contributed by atoms with E-state index in [1.807, 2.05) is 0 Å². The fourth-order valence-electron chi connectivity index (χ4n) is 2.49. The Morgan fingerprint density at radius 2 is 1.83 bits per heavy atom. The lowest BCUT2D eigenvalue weighted by molar-refractivity contribution is 0.100. The van der Waals surface area contributed by atoms with Crippen molar-refractivity contribution < 1.29 is 13.6 Å². The van der Waals surface area contributed by atoms with Gasteiger partial charge in [-0.15, -0.1) is 0 Å². The molecule has 0 radical (unpaired) electrons. The van der Waals surface area contributed by atoms with Gasteiger partial charge in [0.05, 0.1) is 5.69 Å². The first kappa shape index (κ1) is 15.7. The summed E-state index contributed by atoms with van der Waals surface area (Å²) in [5.74, 6) is -1.83. The lowest BCUT2D eigenvalue weighted by Gasteiger charge is -2.06. The van der Waals surface area contributed by atoms with E-state index in [9.17, 15) is 13.6 Å². The van der Waals surface area contributed by atoms with Gasteiger partial charge in [-0.3, -0.25) is 9.89 Å². The summed E-state index contributed by atoms with van der Waals surface area (Å²) in [5, 5.41) is 6.47. The van der Waals surface area contributed by atoms with E-state index in [4.69, 9.17) is 11.5 Å². The van der Waals surface area contributed by atoms with Crippen LogP contribution in [0.25, 0.3) is 11.3 Å². The molecule has 1 amide bonds. The summed E-state index contributed by atoms with van der Waals surface area (Å²) in [4.78, 5) is 11.5. The summed E-state index contributed by atoms with van der Waals surface area (Å²) in [5.41, 5.74) is 13.4. The number of nitrogens with one attached hydrogen (secondary N) is 1. The lowest BCUT2D eigenvalue weighted by atomic mass is 10.0. The summed E-state index contributed by atoms with van der Waals surface area (Å²) in [6.45, 7) is 0. The fraction of sp³-hybridized carbons (Fsp3) is 0.0588. The van der Waals surface area contributed by atoms with Gasteiger partial charge in [0.2, 0.25) is 0 Å². The molecule has 7 heteroatoms. The SMILES string of the molecule is NC(=O)c1c(N)n[nH]c1-c1ccc(Cc2ccc(F)cc2F)cc1. The van der Waals surface area contributed by atoms with Crippen molar-refractivity contribution in [3.8, 4) is 11.3 Å². The average Bonchev–Trinajstić information content (AvgIpc) is 2.93. The second kappa shape index (κ2) is 6.11. The van der Waals surface area contributed by atoms with Crippen LogP contribution in [0.1, 0.15) is 21.5 Å². The van der Waals surface area contributed by atoms with E-state index >= 15 is 0 Å². The van der Waals surface area contributed by atoms with Gasteiger partial charge < -0.3 is 11.5 Å². The minimum atomic E-state index is -0.672. The van der Waals surface area contributed by atoms with Crippen LogP contribution < -0.4 is 11.5 Å². The van der Waals surface area contributed by atoms with Crippen molar-refractivity contribution in [1.82, 2.24) is 10.2 Å². The monoisotopic (exact) mass is 328 g/mol. The number of hydrogen-bond acceptors (Lipinski definition) is 3. The third-order valence-corrected chi connectivity index (χ3v) is 3.69. The number of primary amides is 1. The van der Waals surface area contributed by atoms with Crippen molar-refractivity contribution in [2.45, 2.75) is 6.42 Å². The molecule has 24 heavy (non-hydrogen) atoms. The van der Waals surface area contributed by atoms with Gasteiger partial charge >= 0.3 is 0 Å². The second-order valence-corrected chi connectivity index (χ2v) is 5.33. The number of nitrogen functional groups attached to an aromatic ring is 1. The van der Waals surface area contributed by atoms with Crippen LogP contribution in [0.4, 0.5) is 14.6 Å². The normalized spacial score (nSPS) is 10.8. The number of aromatic nitrogens is 2. The molecule has 0 fully saturated rings. The first-order valence-corrected chi connectivity index (χ1v) is 7.12. The van der Waals surface area contributed by atoms with Crippen molar-refractivity contribution >= 4 is 11.7 Å². The molecule has 1 heterocycles. The van der Waals surface area contributed by atoms with Crippen LogP contribution in [-0.4, -0.2) is 16.1 Å². The number of aromatic amines is 1. The van der Waals surface area contributed by atoms with Gasteiger partial charge in [0.15, 0.2) is 5.82 Å². The van der Waals surface area contributed by atoms with Gasteiger partial charge in [0.1, 0.15) is 17.2 Å². The van der Waals surface area contributed by atoms with Gasteiger partial charge in [-0.1, -0.05) is 30.3 Å². The smallest absolute Gasteiger partial charge is 0.254 e. The largest absolute Gasteiger partial charge is 0.382 e. The molecule has 0 aliphatic heterocycles. The highest BCUT2D eigenvalue weighted by molar-refractivity contribution is 6.03. The van der Waals surface area contributed by atoms with Crippen molar-refractivity contribution in [2.24, 2.45) is 5.73 Å². The Hall–Kier alpha value is -3.22. The molecule has 0 aliphatic carbocycles. The van der Waals surface area contributed by atoms with Crippen LogP contribution >= 0.6 is 0 Å². The molecular weight excluding hydrogens is 314 g/mol. The van der Waals surface area contributed by atoms with E-state index in [0.29, 0.717) is 23.2 Å². The number of hydrogen-bond donors (Lipinski definition) is 3. The number of nitrogens with two attached hydrogens (primary N) is 2. The number of H-pyrrole nitrogens is 1. The molecule has 0 spiro atoms. The summed E-state index contributed by atoms with van der Waals surface area (Å²) >= 11 is 0. The Morgan fingerprint density at radius 3 is 2.46 bits per heavy atom. The first-order chi connectivity index (χ1) is 11.5. The van der Waals surface area contributed by atoms with E-state index < -0.39 is 17.5 Å². The third kappa shape index (κ3) is 2.96. The Morgan fingerprint density at radius 1 is 1.12 bits per heavy atom. The molecular formula is C17H14F2N4O. The number of benzene rings is 2. The third-order valence-electron chi connectivity index (χ3n) is 3.69. The quantitative estimate of drug-likeness (QED) is 0.686. The fourth-order valence-corrected chi connectivity index (χ4v) is 2.49. The number of nitrogens with zero attached hydrogens (tertiary/aromatic N) is 1. The molecule has 1 aromatic heterocycles. The molecule has 0 unspecified atom stereocenters. The highest BCUT2D eigenvalue weighted by atomic mass is 19.1. The summed E-state index contributed by atoms with van der Waals surface area (Å²) in [6, 6.07) is 10.5. The maximum Gasteiger partial charge on any atom is 0.254 e. The summed E-state index contributed by atoms with van der Waals surface area (Å²) in [6.07, 6.45) is 0.320. The van der Waals surface area contributed by atoms with Gasteiger partial charge in [0.25, 0.3) is 5.91 Å². The van der Waals surface area contributed by atoms with Crippen LogP contribution in [0, 0.1) is 11.6 Å². The minimum absolute atomic E-state index is 0.0370. The zero-order valence-corrected chi connectivity index (χ0v) is 12.5. The zero-order chi connectivity index (χ0) is 17.3. The summed E-state index contributed by atoms with van der Waals surface area (Å²) in [7, 11) is 0. The molecule has 0 bridgehead atoms. The van der Waals surface area contributed by atoms with Gasteiger partial charge in [-0.25, -0.2) is 8.78 Å². The predicted molar refractivity (Wildman–Crippen MR) is 86.1 cm³/mol. The lowest BCUT2D eigenvalue weighted by Crippen LogP contribution is -2.13. The van der Waals surface area contributed by atoms with Gasteiger partial charge in [-0.05, 0) is 17.2 Å². The first-order valence-electron chi connectivity index (χ1n) is 7.12. The molecule has 5 N–H and O–H groups in total. The maximum absolute atomic E-state index is 13.7. The highest BCUT2D eigenvalue weighted by Crippen LogP contribution is 2.25. The topological polar surface area (TPSA) is 97.8 Å². The molecule has 0 aliphatic rings. The molecule has 3 aromatic rings. The molecule has 0 atom stereocenters. The van der Waals surface area contributed by atoms with Gasteiger partial charge in [-0.2, -0.15) is 5.10 Å². The van der Waals surface area contributed by atoms with Crippen LogP contribution in [0.2, 0.25) is 0 Å². The van der Waals surface area contributed by atoms with Crippen molar-refractivity contribution in [3.63, 3.8) is 0 Å². The zero-order valence-electron chi connectivity index (χ0n) is 12.5. The number of amides is 1. The summed E-state index contributed by atoms with van der Waals surface area (Å²) < 4.78 is 26.6. The van der Waals surface area contributed by atoms with E-state index in [-0.39, 0.29) is 11.4 Å². The molecule has 0 saturated heterocycles. The Balaban J connectivity index is 1.87.